The van der Waals surface area contributed by atoms with Gasteiger partial charge in [0.15, 0.2) is 5.82 Å². The first-order valence-electron chi connectivity index (χ1n) is 4.48. The Labute approximate surface area is 81.4 Å². The van der Waals surface area contributed by atoms with E-state index in [-0.39, 0.29) is 11.2 Å². The Morgan fingerprint density at radius 2 is 2.00 bits per heavy atom. The highest BCUT2D eigenvalue weighted by molar-refractivity contribution is 5.79. The topological polar surface area (TPSA) is 41.6 Å². The molecule has 2 rings (SSSR count). The summed E-state index contributed by atoms with van der Waals surface area (Å²) in [5, 5.41) is 0.500. The van der Waals surface area contributed by atoms with Crippen LogP contribution in [0.5, 0.6) is 0 Å². The zero-order valence-corrected chi connectivity index (χ0v) is 8.43. The molecule has 14 heavy (non-hydrogen) atoms. The fourth-order valence-corrected chi connectivity index (χ4v) is 1.49. The average molecular weight is 193 g/mol. The SMILES string of the molecule is CC(C)(C)c1ncnc2[nH]cc(F)c12. The molecule has 0 atom stereocenters. The summed E-state index contributed by atoms with van der Waals surface area (Å²) in [7, 11) is 0. The lowest BCUT2D eigenvalue weighted by Crippen LogP contribution is -2.14. The van der Waals surface area contributed by atoms with E-state index in [0.29, 0.717) is 11.0 Å². The lowest BCUT2D eigenvalue weighted by atomic mass is 9.90. The van der Waals surface area contributed by atoms with Gasteiger partial charge < -0.3 is 4.98 Å². The van der Waals surface area contributed by atoms with Crippen LogP contribution in [0.15, 0.2) is 12.5 Å². The molecule has 2 aromatic heterocycles. The van der Waals surface area contributed by atoms with Gasteiger partial charge in [-0.2, -0.15) is 0 Å². The van der Waals surface area contributed by atoms with Crippen molar-refractivity contribution in [1.82, 2.24) is 15.0 Å². The number of hydrogen-bond donors (Lipinski definition) is 1. The summed E-state index contributed by atoms with van der Waals surface area (Å²) in [6.45, 7) is 6.00. The summed E-state index contributed by atoms with van der Waals surface area (Å²) in [5.74, 6) is -0.287. The van der Waals surface area contributed by atoms with Crippen molar-refractivity contribution < 1.29 is 4.39 Å². The number of aromatic amines is 1. The van der Waals surface area contributed by atoms with E-state index in [9.17, 15) is 4.39 Å². The van der Waals surface area contributed by atoms with E-state index < -0.39 is 0 Å². The van der Waals surface area contributed by atoms with Gasteiger partial charge in [0.25, 0.3) is 0 Å². The molecule has 74 valence electrons. The summed E-state index contributed by atoms with van der Waals surface area (Å²) in [6, 6.07) is 0. The van der Waals surface area contributed by atoms with Gasteiger partial charge in [-0.1, -0.05) is 20.8 Å². The molecule has 0 aliphatic carbocycles. The smallest absolute Gasteiger partial charge is 0.152 e. The number of hydrogen-bond acceptors (Lipinski definition) is 2. The molecule has 0 bridgehead atoms. The van der Waals surface area contributed by atoms with Crippen molar-refractivity contribution in [2.45, 2.75) is 26.2 Å². The molecule has 0 fully saturated rings. The third kappa shape index (κ3) is 1.27. The third-order valence-corrected chi connectivity index (χ3v) is 2.13. The number of rotatable bonds is 0. The Kier molecular flexibility index (Phi) is 1.80. The molecule has 0 unspecified atom stereocenters. The molecule has 4 heteroatoms. The molecule has 3 nitrogen and oxygen atoms in total. The molecule has 0 spiro atoms. The maximum atomic E-state index is 13.4. The van der Waals surface area contributed by atoms with Crippen molar-refractivity contribution in [1.29, 1.82) is 0 Å². The maximum absolute atomic E-state index is 13.4. The first kappa shape index (κ1) is 9.12. The zero-order valence-electron chi connectivity index (χ0n) is 8.43. The first-order chi connectivity index (χ1) is 6.50. The van der Waals surface area contributed by atoms with Gasteiger partial charge >= 0.3 is 0 Å². The molecule has 0 saturated carbocycles. The zero-order chi connectivity index (χ0) is 10.3. The van der Waals surface area contributed by atoms with Crippen LogP contribution in [0.2, 0.25) is 0 Å². The first-order valence-corrected chi connectivity index (χ1v) is 4.48. The quantitative estimate of drug-likeness (QED) is 0.698. The van der Waals surface area contributed by atoms with Gasteiger partial charge in [0.2, 0.25) is 0 Å². The molecule has 0 saturated heterocycles. The number of halogens is 1. The second kappa shape index (κ2) is 2.77. The average Bonchev–Trinajstić information content (AvgIpc) is 2.46. The van der Waals surface area contributed by atoms with Crippen LogP contribution in [0, 0.1) is 5.82 Å². The second-order valence-electron chi connectivity index (χ2n) is 4.33. The van der Waals surface area contributed by atoms with Crippen LogP contribution in [0.4, 0.5) is 4.39 Å². The second-order valence-corrected chi connectivity index (χ2v) is 4.33. The monoisotopic (exact) mass is 193 g/mol. The van der Waals surface area contributed by atoms with Gasteiger partial charge in [-0.25, -0.2) is 14.4 Å². The molecule has 0 aromatic carbocycles. The van der Waals surface area contributed by atoms with Crippen molar-refractivity contribution in [2.24, 2.45) is 0 Å². The van der Waals surface area contributed by atoms with Crippen molar-refractivity contribution in [2.75, 3.05) is 0 Å². The summed E-state index contributed by atoms with van der Waals surface area (Å²) in [4.78, 5) is 10.9. The predicted octanol–water partition coefficient (Wildman–Crippen LogP) is 2.39. The van der Waals surface area contributed by atoms with Crippen LogP contribution in [0.1, 0.15) is 26.5 Å². The standard InChI is InChI=1S/C10H12FN3/c1-10(2,3)8-7-6(11)4-12-9(7)14-5-13-8/h4-5H,1-3H3,(H,12,13,14). The fourth-order valence-electron chi connectivity index (χ4n) is 1.49. The van der Waals surface area contributed by atoms with Gasteiger partial charge in [0.05, 0.1) is 11.1 Å². The highest BCUT2D eigenvalue weighted by atomic mass is 19.1. The summed E-state index contributed by atoms with van der Waals surface area (Å²) in [5.41, 5.74) is 1.12. The van der Waals surface area contributed by atoms with E-state index >= 15 is 0 Å². The number of H-pyrrole nitrogens is 1. The van der Waals surface area contributed by atoms with Gasteiger partial charge in [0, 0.05) is 11.6 Å². The van der Waals surface area contributed by atoms with Gasteiger partial charge in [0.1, 0.15) is 12.0 Å². The van der Waals surface area contributed by atoms with Crippen LogP contribution < -0.4 is 0 Å². The Balaban J connectivity index is 2.82. The van der Waals surface area contributed by atoms with Crippen LogP contribution in [-0.4, -0.2) is 15.0 Å². The van der Waals surface area contributed by atoms with Crippen LogP contribution in [0.25, 0.3) is 11.0 Å². The predicted molar refractivity (Wildman–Crippen MR) is 52.5 cm³/mol. The number of fused-ring (bicyclic) bond motifs is 1. The Morgan fingerprint density at radius 3 is 2.64 bits per heavy atom. The lowest BCUT2D eigenvalue weighted by molar-refractivity contribution is 0.567. The molecule has 2 aromatic rings. The molecule has 2 heterocycles. The van der Waals surface area contributed by atoms with E-state index in [1.165, 1.54) is 12.5 Å². The van der Waals surface area contributed by atoms with E-state index in [2.05, 4.69) is 15.0 Å². The number of nitrogens with zero attached hydrogens (tertiary/aromatic N) is 2. The highest BCUT2D eigenvalue weighted by Gasteiger charge is 2.21. The maximum Gasteiger partial charge on any atom is 0.152 e. The number of nitrogens with one attached hydrogen (secondary N) is 1. The van der Waals surface area contributed by atoms with E-state index in [1.807, 2.05) is 20.8 Å². The van der Waals surface area contributed by atoms with Gasteiger partial charge in [-0.05, 0) is 0 Å². The lowest BCUT2D eigenvalue weighted by Gasteiger charge is -2.17. The summed E-state index contributed by atoms with van der Waals surface area (Å²) < 4.78 is 13.4. The largest absolute Gasteiger partial charge is 0.343 e. The van der Waals surface area contributed by atoms with Crippen molar-refractivity contribution >= 4 is 11.0 Å². The van der Waals surface area contributed by atoms with Crippen LogP contribution in [0.3, 0.4) is 0 Å². The summed E-state index contributed by atoms with van der Waals surface area (Å²) >= 11 is 0. The molecule has 1 N–H and O–H groups in total. The van der Waals surface area contributed by atoms with Crippen LogP contribution in [-0.2, 0) is 5.41 Å². The van der Waals surface area contributed by atoms with Gasteiger partial charge in [-0.15, -0.1) is 0 Å². The number of aromatic nitrogens is 3. The van der Waals surface area contributed by atoms with E-state index in [1.54, 1.807) is 0 Å². The Hall–Kier alpha value is -1.45. The van der Waals surface area contributed by atoms with Crippen LogP contribution >= 0.6 is 0 Å². The molecular weight excluding hydrogens is 181 g/mol. The molecule has 0 radical (unpaired) electrons. The normalized spacial score (nSPS) is 12.3. The minimum absolute atomic E-state index is 0.176. The van der Waals surface area contributed by atoms with E-state index in [4.69, 9.17) is 0 Å². The minimum Gasteiger partial charge on any atom is -0.343 e. The van der Waals surface area contributed by atoms with Gasteiger partial charge in [-0.3, -0.25) is 0 Å². The molecule has 0 amide bonds. The highest BCUT2D eigenvalue weighted by Crippen LogP contribution is 2.28. The van der Waals surface area contributed by atoms with Crippen molar-refractivity contribution in [3.63, 3.8) is 0 Å². The minimum atomic E-state index is -0.287. The fraction of sp³-hybridized carbons (Fsp3) is 0.400. The third-order valence-electron chi connectivity index (χ3n) is 2.13. The molecule has 0 aliphatic heterocycles. The summed E-state index contributed by atoms with van der Waals surface area (Å²) in [6.07, 6.45) is 2.77. The molecular formula is C10H12FN3. The van der Waals surface area contributed by atoms with E-state index in [0.717, 1.165) is 5.69 Å². The van der Waals surface area contributed by atoms with Crippen molar-refractivity contribution in [3.05, 3.63) is 24.0 Å². The van der Waals surface area contributed by atoms with Crippen molar-refractivity contribution in [3.8, 4) is 0 Å². The Morgan fingerprint density at radius 1 is 1.29 bits per heavy atom. The molecule has 0 aliphatic rings. The Bertz CT molecular complexity index is 468.